The molecular weight excluding hydrogens is 224 g/mol. The van der Waals surface area contributed by atoms with Crippen molar-refractivity contribution < 1.29 is 9.00 Å². The van der Waals surface area contributed by atoms with E-state index in [4.69, 9.17) is 0 Å². The minimum atomic E-state index is -0.784. The van der Waals surface area contributed by atoms with Gasteiger partial charge in [-0.3, -0.25) is 9.00 Å². The second-order valence-corrected chi connectivity index (χ2v) is 5.83. The van der Waals surface area contributed by atoms with E-state index in [0.29, 0.717) is 5.75 Å². The predicted octanol–water partition coefficient (Wildman–Crippen LogP) is 0.179. The number of carbonyl (C=O) groups is 1. The molecule has 0 spiro atoms. The molecule has 0 aromatic rings. The molecule has 2 N–H and O–H groups in total. The largest absolute Gasteiger partial charge is 0.350 e. The highest BCUT2D eigenvalue weighted by Crippen LogP contribution is 2.09. The van der Waals surface area contributed by atoms with E-state index < -0.39 is 10.8 Å². The Morgan fingerprint density at radius 2 is 2.19 bits per heavy atom. The molecule has 1 saturated heterocycles. The van der Waals surface area contributed by atoms with E-state index in [1.54, 1.807) is 6.26 Å². The molecule has 1 aliphatic rings. The van der Waals surface area contributed by atoms with Gasteiger partial charge in [-0.1, -0.05) is 0 Å². The average Bonchev–Trinajstić information content (AvgIpc) is 2.11. The van der Waals surface area contributed by atoms with Crippen LogP contribution >= 0.6 is 0 Å². The first-order valence-corrected chi connectivity index (χ1v) is 7.23. The van der Waals surface area contributed by atoms with Crippen LogP contribution in [-0.2, 0) is 15.6 Å². The minimum Gasteiger partial charge on any atom is -0.350 e. The molecule has 16 heavy (non-hydrogen) atoms. The van der Waals surface area contributed by atoms with Crippen LogP contribution < -0.4 is 10.6 Å². The van der Waals surface area contributed by atoms with Crippen molar-refractivity contribution in [3.63, 3.8) is 0 Å². The zero-order chi connectivity index (χ0) is 12.1. The highest BCUT2D eigenvalue weighted by molar-refractivity contribution is 7.84. The summed E-state index contributed by atoms with van der Waals surface area (Å²) in [7, 11) is -0.784. The van der Waals surface area contributed by atoms with Crippen LogP contribution in [0.2, 0.25) is 0 Å². The molecule has 0 aromatic heterocycles. The van der Waals surface area contributed by atoms with Crippen LogP contribution in [-0.4, -0.2) is 41.3 Å². The molecule has 2 atom stereocenters. The van der Waals surface area contributed by atoms with Gasteiger partial charge in [0, 0.05) is 47.5 Å². The summed E-state index contributed by atoms with van der Waals surface area (Å²) in [6, 6.07) is 0.0833. The van der Waals surface area contributed by atoms with Crippen molar-refractivity contribution in [1.29, 1.82) is 0 Å². The van der Waals surface area contributed by atoms with E-state index in [1.807, 2.05) is 13.8 Å². The Kier molecular flexibility index (Phi) is 5.15. The van der Waals surface area contributed by atoms with Crippen molar-refractivity contribution >= 4 is 16.7 Å². The number of hydrogen-bond donors (Lipinski definition) is 2. The van der Waals surface area contributed by atoms with Gasteiger partial charge in [-0.2, -0.15) is 0 Å². The number of hydrogen-bond acceptors (Lipinski definition) is 3. The summed E-state index contributed by atoms with van der Waals surface area (Å²) in [6.07, 6.45) is 2.44. The maximum Gasteiger partial charge on any atom is 0.247 e. The summed E-state index contributed by atoms with van der Waals surface area (Å²) in [6.45, 7) is 5.46. The van der Waals surface area contributed by atoms with Crippen molar-refractivity contribution in [2.45, 2.75) is 26.3 Å². The maximum atomic E-state index is 11.8. The highest BCUT2D eigenvalue weighted by Gasteiger charge is 2.17. The van der Waals surface area contributed by atoms with E-state index in [-0.39, 0.29) is 11.9 Å². The van der Waals surface area contributed by atoms with Crippen LogP contribution in [0, 0.1) is 0 Å². The molecule has 92 valence electrons. The van der Waals surface area contributed by atoms with Crippen molar-refractivity contribution in [3.8, 4) is 0 Å². The van der Waals surface area contributed by atoms with E-state index in [0.717, 1.165) is 25.1 Å². The molecule has 0 saturated carbocycles. The first-order valence-electron chi connectivity index (χ1n) is 5.51. The zero-order valence-corrected chi connectivity index (χ0v) is 10.9. The van der Waals surface area contributed by atoms with Crippen LogP contribution in [0.25, 0.3) is 0 Å². The Balaban J connectivity index is 2.36. The third-order valence-corrected chi connectivity index (χ3v) is 3.57. The lowest BCUT2D eigenvalue weighted by Crippen LogP contribution is -2.39. The summed E-state index contributed by atoms with van der Waals surface area (Å²) in [5, 5.41) is 6.04. The zero-order valence-electron chi connectivity index (χ0n) is 10.1. The van der Waals surface area contributed by atoms with Gasteiger partial charge in [0.2, 0.25) is 5.91 Å². The standard InChI is InChI=1S/C11H20N2O2S/c1-8(4-5-16(3)15)13-11(14)9(2)10-6-12-7-10/h8,12H,4-7H2,1-3H3,(H,13,14). The first-order chi connectivity index (χ1) is 7.50. The molecule has 0 aliphatic carbocycles. The average molecular weight is 244 g/mol. The van der Waals surface area contributed by atoms with Crippen LogP contribution in [0.3, 0.4) is 0 Å². The van der Waals surface area contributed by atoms with E-state index >= 15 is 0 Å². The van der Waals surface area contributed by atoms with Gasteiger partial charge in [0.1, 0.15) is 0 Å². The van der Waals surface area contributed by atoms with Crippen LogP contribution in [0.15, 0.2) is 11.1 Å². The number of nitrogens with one attached hydrogen (secondary N) is 2. The molecule has 1 heterocycles. The highest BCUT2D eigenvalue weighted by atomic mass is 32.2. The lowest BCUT2D eigenvalue weighted by atomic mass is 10.0. The van der Waals surface area contributed by atoms with E-state index in [9.17, 15) is 9.00 Å². The monoisotopic (exact) mass is 244 g/mol. The van der Waals surface area contributed by atoms with Crippen molar-refractivity contribution in [1.82, 2.24) is 10.6 Å². The normalized spacial score (nSPS) is 18.6. The number of carbonyl (C=O) groups excluding carboxylic acids is 1. The lowest BCUT2D eigenvalue weighted by molar-refractivity contribution is -0.118. The summed E-state index contributed by atoms with van der Waals surface area (Å²) in [4.78, 5) is 11.8. The van der Waals surface area contributed by atoms with Crippen LogP contribution in [0.1, 0.15) is 20.3 Å². The predicted molar refractivity (Wildman–Crippen MR) is 66.7 cm³/mol. The molecule has 1 rings (SSSR count). The fourth-order valence-corrected chi connectivity index (χ4v) is 2.11. The van der Waals surface area contributed by atoms with Crippen LogP contribution in [0.4, 0.5) is 0 Å². The quantitative estimate of drug-likeness (QED) is 0.678. The van der Waals surface area contributed by atoms with Gasteiger partial charge < -0.3 is 10.6 Å². The second kappa shape index (κ2) is 6.15. The lowest BCUT2D eigenvalue weighted by Gasteiger charge is -2.22. The third-order valence-electron chi connectivity index (χ3n) is 2.76. The molecule has 1 amide bonds. The topological polar surface area (TPSA) is 58.2 Å². The summed E-state index contributed by atoms with van der Waals surface area (Å²) < 4.78 is 10.9. The SMILES string of the molecule is CC(C(=O)NC(C)CCS(C)=O)=C1CNC1. The molecule has 0 radical (unpaired) electrons. The van der Waals surface area contributed by atoms with E-state index in [2.05, 4.69) is 10.6 Å². The Labute approximate surface area is 99.3 Å². The second-order valence-electron chi connectivity index (χ2n) is 4.27. The first kappa shape index (κ1) is 13.4. The summed E-state index contributed by atoms with van der Waals surface area (Å²) >= 11 is 0. The van der Waals surface area contributed by atoms with Gasteiger partial charge in [-0.15, -0.1) is 0 Å². The van der Waals surface area contributed by atoms with Crippen molar-refractivity contribution in [2.75, 3.05) is 25.1 Å². The molecule has 0 bridgehead atoms. The van der Waals surface area contributed by atoms with Gasteiger partial charge >= 0.3 is 0 Å². The van der Waals surface area contributed by atoms with Crippen molar-refractivity contribution in [2.24, 2.45) is 0 Å². The Bertz CT molecular complexity index is 320. The van der Waals surface area contributed by atoms with Gasteiger partial charge in [0.15, 0.2) is 0 Å². The van der Waals surface area contributed by atoms with E-state index in [1.165, 1.54) is 5.57 Å². The molecule has 0 aromatic carbocycles. The van der Waals surface area contributed by atoms with Crippen molar-refractivity contribution in [3.05, 3.63) is 11.1 Å². The minimum absolute atomic E-state index is 0.00545. The fraction of sp³-hybridized carbons (Fsp3) is 0.727. The Morgan fingerprint density at radius 3 is 2.62 bits per heavy atom. The smallest absolute Gasteiger partial charge is 0.247 e. The van der Waals surface area contributed by atoms with Gasteiger partial charge in [-0.05, 0) is 25.8 Å². The Morgan fingerprint density at radius 1 is 1.56 bits per heavy atom. The molecule has 1 aliphatic heterocycles. The number of rotatable bonds is 5. The molecule has 5 heteroatoms. The fourth-order valence-electron chi connectivity index (χ4n) is 1.42. The van der Waals surface area contributed by atoms with Gasteiger partial charge in [0.05, 0.1) is 0 Å². The Hall–Kier alpha value is -0.680. The molecule has 2 unspecified atom stereocenters. The number of amides is 1. The van der Waals surface area contributed by atoms with Crippen LogP contribution in [0.5, 0.6) is 0 Å². The molecule has 1 fully saturated rings. The summed E-state index contributed by atoms with van der Waals surface area (Å²) in [5.74, 6) is 0.643. The van der Waals surface area contributed by atoms with Gasteiger partial charge in [0.25, 0.3) is 0 Å². The molecular formula is C11H20N2O2S. The third kappa shape index (κ3) is 4.06. The van der Waals surface area contributed by atoms with Gasteiger partial charge in [-0.25, -0.2) is 0 Å². The summed E-state index contributed by atoms with van der Waals surface area (Å²) in [5.41, 5.74) is 2.01. The molecule has 4 nitrogen and oxygen atoms in total. The maximum absolute atomic E-state index is 11.8.